The zero-order valence-electron chi connectivity index (χ0n) is 88.8. The van der Waals surface area contributed by atoms with Crippen molar-refractivity contribution in [3.05, 3.63) is 262 Å². The van der Waals surface area contributed by atoms with Crippen molar-refractivity contribution in [2.45, 2.75) is 127 Å². The van der Waals surface area contributed by atoms with Crippen LogP contribution < -0.4 is 63.8 Å². The van der Waals surface area contributed by atoms with Gasteiger partial charge in [-0.25, -0.2) is 36.7 Å². The smallest absolute Gasteiger partial charge is 0.328 e. The minimum Gasteiger partial charge on any atom is -0.464 e. The Kier molecular flexibility index (Phi) is 43.0. The lowest BCUT2D eigenvalue weighted by atomic mass is 10.0. The molecule has 720 valence electrons. The summed E-state index contributed by atoms with van der Waals surface area (Å²) < 4.78 is 198. The number of anilines is 4. The van der Waals surface area contributed by atoms with Gasteiger partial charge >= 0.3 is 23.9 Å². The first kappa shape index (κ1) is 89.1. The van der Waals surface area contributed by atoms with Gasteiger partial charge < -0.3 is 82.7 Å². The van der Waals surface area contributed by atoms with Gasteiger partial charge in [-0.05, 0) is 195 Å². The van der Waals surface area contributed by atoms with E-state index in [0.717, 1.165) is 16.8 Å². The molecule has 8 aromatic rings. The Morgan fingerprint density at radius 3 is 0.682 bits per heavy atom. The number of nitrogens with zero attached hydrogens (tertiary/aromatic N) is 4. The molecule has 0 saturated carbocycles. The summed E-state index contributed by atoms with van der Waals surface area (Å²) in [6.07, 6.45) is 0.843. The summed E-state index contributed by atoms with van der Waals surface area (Å²) >= 11 is 45.7. The molecule has 0 aliphatic rings. The maximum absolute atomic E-state index is 13.3. The van der Waals surface area contributed by atoms with E-state index in [1.807, 2.05) is 0 Å². The topological polar surface area (TPSA) is 339 Å². The van der Waals surface area contributed by atoms with E-state index >= 15 is 0 Å². The van der Waals surface area contributed by atoms with Crippen molar-refractivity contribution < 1.29 is 96.8 Å². The van der Waals surface area contributed by atoms with Crippen LogP contribution in [0.15, 0.2) is 194 Å². The van der Waals surface area contributed by atoms with E-state index in [1.54, 1.807) is 118 Å². The number of amides is 4. The van der Waals surface area contributed by atoms with Crippen molar-refractivity contribution in [3.63, 3.8) is 0 Å². The average Bonchev–Trinajstić information content (AvgIpc) is 0.736. The average molecular weight is 2010 g/mol. The zero-order valence-corrected chi connectivity index (χ0v) is 78.8. The molecule has 12 N–H and O–H groups in total. The van der Waals surface area contributed by atoms with Crippen molar-refractivity contribution in [1.82, 2.24) is 21.3 Å². The Balaban J connectivity index is 0.000000348. The Morgan fingerprint density at radius 1 is 0.280 bits per heavy atom. The molecule has 0 heterocycles. The Hall–Kier alpha value is -9.40. The summed E-state index contributed by atoms with van der Waals surface area (Å²) in [4.78, 5) is 105. The molecule has 0 aromatic heterocycles. The molecule has 8 rings (SSSR count). The number of hydrogen-bond acceptors (Lipinski definition) is 20. The fourth-order valence-corrected chi connectivity index (χ4v) is 13.6. The molecule has 24 nitrogen and oxygen atoms in total. The third-order valence-corrected chi connectivity index (χ3v) is 20.1. The van der Waals surface area contributed by atoms with Gasteiger partial charge in [0.2, 0.25) is 23.6 Å². The second kappa shape index (κ2) is 63.7. The Morgan fingerprint density at radius 2 is 0.477 bits per heavy atom. The Bertz CT molecular complexity index is 5450. The van der Waals surface area contributed by atoms with Crippen LogP contribution in [0.1, 0.15) is 94.1 Å². The van der Waals surface area contributed by atoms with Crippen LogP contribution in [-0.2, 0) is 109 Å². The maximum Gasteiger partial charge on any atom is 0.328 e. The lowest BCUT2D eigenvalue weighted by Gasteiger charge is -2.23. The highest BCUT2D eigenvalue weighted by Gasteiger charge is 2.31. The summed E-state index contributed by atoms with van der Waals surface area (Å²) in [6.45, 7) is -1.21. The normalized spacial score (nSPS) is 15.3. The standard InChI is InChI=1S/4C24H30Cl2FN3O3/c4*1-2-33-24(32)22(16-18-3-7-19(27)8-4-18)29-23(31)21(28)15-17-5-9-20(10-6-17)30(13-11-25)14-12-26/h4*3-10,21-22H,2,11-16,28H2,1H3,(H,29,31)/i11D2,12D2,13D2,14D2;11D2,12D2;13D2;11D2. The van der Waals surface area contributed by atoms with Crippen molar-refractivity contribution in [1.29, 1.82) is 0 Å². The molecule has 0 spiro atoms. The van der Waals surface area contributed by atoms with Gasteiger partial charge in [0.1, 0.15) is 47.4 Å². The zero-order chi connectivity index (χ0) is 111. The second-order valence-corrected chi connectivity index (χ2v) is 30.9. The van der Waals surface area contributed by atoms with E-state index in [9.17, 15) is 55.9 Å². The van der Waals surface area contributed by atoms with Crippen LogP contribution in [0.5, 0.6) is 0 Å². The van der Waals surface area contributed by atoms with Gasteiger partial charge in [0.25, 0.3) is 0 Å². The predicted octanol–water partition coefficient (Wildman–Crippen LogP) is 13.1. The van der Waals surface area contributed by atoms with E-state index in [1.165, 1.54) is 119 Å². The molecule has 0 radical (unpaired) electrons. The van der Waals surface area contributed by atoms with Crippen LogP contribution in [0, 0.1) is 23.3 Å². The number of ether oxygens (including phenoxy) is 4. The number of halogens is 12. The molecule has 8 aromatic carbocycles. The maximum atomic E-state index is 13.3. The number of nitrogens with one attached hydrogen (secondary N) is 4. The first-order chi connectivity index (χ1) is 69.0. The first-order valence-corrected chi connectivity index (χ1v) is 45.0. The number of nitrogens with two attached hydrogens (primary N) is 4. The Labute approximate surface area is 833 Å². The van der Waals surface area contributed by atoms with Crippen LogP contribution in [0.4, 0.5) is 40.3 Å². The molecule has 8 unspecified atom stereocenters. The van der Waals surface area contributed by atoms with E-state index in [2.05, 4.69) is 21.3 Å². The van der Waals surface area contributed by atoms with Gasteiger partial charge in [-0.3, -0.25) is 19.2 Å². The third kappa shape index (κ3) is 42.0. The van der Waals surface area contributed by atoms with Gasteiger partial charge in [-0.2, -0.15) is 0 Å². The molecule has 36 heteroatoms. The molecular weight excluding hydrogens is 1870 g/mol. The molecule has 8 atom stereocenters. The van der Waals surface area contributed by atoms with Crippen molar-refractivity contribution >= 4 is 163 Å². The molecule has 0 bridgehead atoms. The number of carbonyl (C=O) groups excluding carboxylic acids is 8. The number of benzene rings is 8. The minimum atomic E-state index is -3.27. The van der Waals surface area contributed by atoms with Crippen LogP contribution in [-0.4, -0.2) is 221 Å². The molecule has 0 fully saturated rings. The molecule has 4 amide bonds. The molecule has 132 heavy (non-hydrogen) atoms. The number of rotatable bonds is 52. The SMILES string of the molecule is [2H]C([2H])(CCl)N(CCCl)c1ccc(CC(N)C(=O)NC(Cc2ccc(F)cc2)C(=O)OCC)cc1.[2H]C([2H])(Cl)C([2H])([2H])N(c1ccc(CC(N)C(=O)NC(Cc2ccc(F)cc2)C(=O)OCC)cc1)C([2H])([2H])C([2H])([2H])Cl.[2H]C([2H])(Cl)CN(CC([2H])([2H])Cl)c1ccc(CC(N)C(=O)NC(Cc2ccc(F)cc2)C(=O)OCC)cc1.[2H]C([2H])(Cl)CN(CCCl)c1ccc(CC(N)C(=O)NC(Cc2ccc(F)cc2)C(=O)OCC)cc1. The van der Waals surface area contributed by atoms with E-state index in [-0.39, 0.29) is 126 Å². The third-order valence-electron chi connectivity index (χ3n) is 19.2. The highest BCUT2D eigenvalue weighted by molar-refractivity contribution is 6.20. The van der Waals surface area contributed by atoms with E-state index in [0.29, 0.717) is 57.2 Å². The number of esters is 4. The van der Waals surface area contributed by atoms with Gasteiger partial charge in [0.05, 0.1) is 58.8 Å². The summed E-state index contributed by atoms with van der Waals surface area (Å²) in [5.74, 6) is -18.7. The largest absolute Gasteiger partial charge is 0.464 e. The summed E-state index contributed by atoms with van der Waals surface area (Å²) in [7, 11) is 0. The van der Waals surface area contributed by atoms with Crippen molar-refractivity contribution in [2.75, 3.05) is 145 Å². The van der Waals surface area contributed by atoms with Gasteiger partial charge in [0, 0.05) is 161 Å². The number of hydrogen-bond donors (Lipinski definition) is 8. The second-order valence-electron chi connectivity index (χ2n) is 28.7. The van der Waals surface area contributed by atoms with Crippen molar-refractivity contribution in [2.24, 2.45) is 22.9 Å². The van der Waals surface area contributed by atoms with Crippen LogP contribution >= 0.6 is 92.8 Å². The quantitative estimate of drug-likeness (QED) is 0.00760. The number of alkyl halides is 8. The lowest BCUT2D eigenvalue weighted by molar-refractivity contribution is -0.147. The van der Waals surface area contributed by atoms with E-state index < -0.39 is 168 Å². The fourth-order valence-electron chi connectivity index (χ4n) is 12.5. The molecule has 0 saturated heterocycles. The highest BCUT2D eigenvalue weighted by Crippen LogP contribution is 2.23. The summed E-state index contributed by atoms with van der Waals surface area (Å²) in [5, 5.41) is 10.4. The summed E-state index contributed by atoms with van der Waals surface area (Å²) in [6, 6.07) is 39.8. The first-order valence-electron chi connectivity index (χ1n) is 49.5. The number of carbonyl (C=O) groups is 8. The molecular formula is C96H120Cl8F4N12O12. The summed E-state index contributed by atoms with van der Waals surface area (Å²) in [5.41, 5.74) is 31.0. The molecule has 0 aliphatic heterocycles. The monoisotopic (exact) mass is 2000 g/mol. The highest BCUT2D eigenvalue weighted by atomic mass is 35.5. The van der Waals surface area contributed by atoms with Gasteiger partial charge in [0.15, 0.2) is 0 Å². The molecule has 0 aliphatic carbocycles. The lowest BCUT2D eigenvalue weighted by Crippen LogP contribution is -2.50. The minimum absolute atomic E-state index is 0.0221. The van der Waals surface area contributed by atoms with Crippen molar-refractivity contribution in [3.8, 4) is 0 Å². The van der Waals surface area contributed by atoms with Crippen LogP contribution in [0.3, 0.4) is 0 Å². The van der Waals surface area contributed by atoms with Crippen LogP contribution in [0.2, 0.25) is 0 Å². The van der Waals surface area contributed by atoms with Gasteiger partial charge in [-0.15, -0.1) is 92.8 Å². The predicted molar refractivity (Wildman–Crippen MR) is 522 cm³/mol. The van der Waals surface area contributed by atoms with E-state index in [4.69, 9.17) is 157 Å². The van der Waals surface area contributed by atoms with Gasteiger partial charge in [-0.1, -0.05) is 97.1 Å². The fraction of sp³-hybridized carbons (Fsp3) is 0.417. The van der Waals surface area contributed by atoms with Crippen LogP contribution in [0.25, 0.3) is 0 Å².